The number of carbonyl (C=O) groups excluding carboxylic acids is 1. The number of hydrogen-bond acceptors (Lipinski definition) is 5. The van der Waals surface area contributed by atoms with Gasteiger partial charge >= 0.3 is 0 Å². The molecule has 2 atom stereocenters. The SMILES string of the molecule is CCC(C)N(Cc1ccc(F)cc1)Cc1nc(C(=O)NCC2CCCO2)co1. The van der Waals surface area contributed by atoms with Crippen LogP contribution in [-0.2, 0) is 17.8 Å². The maximum Gasteiger partial charge on any atom is 0.273 e. The van der Waals surface area contributed by atoms with Crippen molar-refractivity contribution in [3.8, 4) is 0 Å². The van der Waals surface area contributed by atoms with Crippen molar-refractivity contribution in [1.29, 1.82) is 0 Å². The van der Waals surface area contributed by atoms with Gasteiger partial charge in [0.05, 0.1) is 12.6 Å². The van der Waals surface area contributed by atoms with E-state index in [9.17, 15) is 9.18 Å². The lowest BCUT2D eigenvalue weighted by atomic mass is 10.1. The van der Waals surface area contributed by atoms with E-state index in [1.165, 1.54) is 18.4 Å². The molecule has 0 saturated carbocycles. The summed E-state index contributed by atoms with van der Waals surface area (Å²) in [6.07, 6.45) is 4.45. The van der Waals surface area contributed by atoms with Crippen LogP contribution < -0.4 is 5.32 Å². The minimum absolute atomic E-state index is 0.0897. The molecule has 6 nitrogen and oxygen atoms in total. The van der Waals surface area contributed by atoms with Gasteiger partial charge in [-0.05, 0) is 43.9 Å². The fourth-order valence-electron chi connectivity index (χ4n) is 3.21. The van der Waals surface area contributed by atoms with Gasteiger partial charge in [0.25, 0.3) is 5.91 Å². The number of nitrogens with zero attached hydrogens (tertiary/aromatic N) is 2. The van der Waals surface area contributed by atoms with E-state index in [0.29, 0.717) is 25.5 Å². The summed E-state index contributed by atoms with van der Waals surface area (Å²) < 4.78 is 24.2. The minimum atomic E-state index is -0.251. The molecule has 152 valence electrons. The molecule has 0 spiro atoms. The number of ether oxygens (including phenoxy) is 1. The van der Waals surface area contributed by atoms with Crippen molar-refractivity contribution >= 4 is 5.91 Å². The van der Waals surface area contributed by atoms with E-state index in [2.05, 4.69) is 29.0 Å². The second kappa shape index (κ2) is 9.80. The summed E-state index contributed by atoms with van der Waals surface area (Å²) in [5.41, 5.74) is 1.29. The predicted molar refractivity (Wildman–Crippen MR) is 103 cm³/mol. The lowest BCUT2D eigenvalue weighted by Crippen LogP contribution is -2.32. The molecule has 0 bridgehead atoms. The standard InChI is InChI=1S/C21H28FN3O3/c1-3-15(2)25(12-16-6-8-17(22)9-7-16)13-20-24-19(14-28-20)21(26)23-11-18-5-4-10-27-18/h6-9,14-15,18H,3-5,10-13H2,1-2H3,(H,23,26). The van der Waals surface area contributed by atoms with Crippen LogP contribution in [0.15, 0.2) is 34.9 Å². The third-order valence-electron chi connectivity index (χ3n) is 5.15. The van der Waals surface area contributed by atoms with E-state index in [4.69, 9.17) is 9.15 Å². The van der Waals surface area contributed by atoms with E-state index in [1.807, 2.05) is 0 Å². The van der Waals surface area contributed by atoms with Crippen LogP contribution in [0, 0.1) is 5.82 Å². The Morgan fingerprint density at radius 1 is 1.36 bits per heavy atom. The predicted octanol–water partition coefficient (Wildman–Crippen LogP) is 3.52. The Kier molecular flexibility index (Phi) is 7.17. The molecule has 1 fully saturated rings. The van der Waals surface area contributed by atoms with Crippen LogP contribution in [0.2, 0.25) is 0 Å². The van der Waals surface area contributed by atoms with Gasteiger partial charge < -0.3 is 14.5 Å². The Bertz CT molecular complexity index is 757. The topological polar surface area (TPSA) is 67.6 Å². The first-order valence-corrected chi connectivity index (χ1v) is 9.88. The van der Waals surface area contributed by atoms with Gasteiger partial charge in [0.2, 0.25) is 5.89 Å². The first-order valence-electron chi connectivity index (χ1n) is 9.88. The van der Waals surface area contributed by atoms with Gasteiger partial charge in [0, 0.05) is 25.7 Å². The molecule has 1 aromatic carbocycles. The molecule has 1 aromatic heterocycles. The van der Waals surface area contributed by atoms with Crippen molar-refractivity contribution in [1.82, 2.24) is 15.2 Å². The molecule has 28 heavy (non-hydrogen) atoms. The molecule has 1 saturated heterocycles. The molecular weight excluding hydrogens is 361 g/mol. The molecule has 1 aliphatic heterocycles. The second-order valence-electron chi connectivity index (χ2n) is 7.26. The first-order chi connectivity index (χ1) is 13.5. The van der Waals surface area contributed by atoms with Gasteiger partial charge in [-0.25, -0.2) is 9.37 Å². The Morgan fingerprint density at radius 3 is 2.82 bits per heavy atom. The van der Waals surface area contributed by atoms with Crippen LogP contribution in [0.3, 0.4) is 0 Å². The quantitative estimate of drug-likeness (QED) is 0.711. The van der Waals surface area contributed by atoms with Crippen molar-refractivity contribution in [3.05, 3.63) is 53.5 Å². The molecule has 0 radical (unpaired) electrons. The molecule has 2 heterocycles. The van der Waals surface area contributed by atoms with Gasteiger partial charge in [0.15, 0.2) is 5.69 Å². The monoisotopic (exact) mass is 389 g/mol. The van der Waals surface area contributed by atoms with Gasteiger partial charge in [-0.1, -0.05) is 19.1 Å². The highest BCUT2D eigenvalue weighted by Gasteiger charge is 2.20. The van der Waals surface area contributed by atoms with Crippen molar-refractivity contribution in [2.45, 2.75) is 58.3 Å². The van der Waals surface area contributed by atoms with Crippen LogP contribution in [0.25, 0.3) is 0 Å². The fraction of sp³-hybridized carbons (Fsp3) is 0.524. The number of carbonyl (C=O) groups is 1. The number of aromatic nitrogens is 1. The molecule has 1 aliphatic rings. The number of hydrogen-bond donors (Lipinski definition) is 1. The lowest BCUT2D eigenvalue weighted by Gasteiger charge is -2.27. The van der Waals surface area contributed by atoms with Crippen LogP contribution in [0.1, 0.15) is 55.1 Å². The first kappa shape index (κ1) is 20.5. The maximum atomic E-state index is 13.2. The van der Waals surface area contributed by atoms with Crippen molar-refractivity contribution in [2.24, 2.45) is 0 Å². The number of nitrogens with one attached hydrogen (secondary N) is 1. The Morgan fingerprint density at radius 2 is 2.14 bits per heavy atom. The molecule has 0 aliphatic carbocycles. The summed E-state index contributed by atoms with van der Waals surface area (Å²) in [5.74, 6) is -0.00555. The zero-order chi connectivity index (χ0) is 19.9. The highest BCUT2D eigenvalue weighted by Crippen LogP contribution is 2.16. The van der Waals surface area contributed by atoms with Gasteiger partial charge in [-0.2, -0.15) is 0 Å². The summed E-state index contributed by atoms with van der Waals surface area (Å²) in [4.78, 5) is 18.8. The van der Waals surface area contributed by atoms with Crippen LogP contribution in [0.5, 0.6) is 0 Å². The Hall–Kier alpha value is -2.25. The van der Waals surface area contributed by atoms with E-state index in [0.717, 1.165) is 31.4 Å². The van der Waals surface area contributed by atoms with E-state index < -0.39 is 0 Å². The number of benzene rings is 1. The van der Waals surface area contributed by atoms with Crippen molar-refractivity contribution < 1.29 is 18.3 Å². The molecule has 2 unspecified atom stereocenters. The Balaban J connectivity index is 1.59. The number of rotatable bonds is 9. The zero-order valence-electron chi connectivity index (χ0n) is 16.5. The summed E-state index contributed by atoms with van der Waals surface area (Å²) in [6, 6.07) is 6.78. The van der Waals surface area contributed by atoms with E-state index in [1.54, 1.807) is 12.1 Å². The van der Waals surface area contributed by atoms with Crippen molar-refractivity contribution in [2.75, 3.05) is 13.2 Å². The average Bonchev–Trinajstić information content (AvgIpc) is 3.38. The highest BCUT2D eigenvalue weighted by molar-refractivity contribution is 5.91. The molecule has 7 heteroatoms. The van der Waals surface area contributed by atoms with Crippen LogP contribution in [-0.4, -0.2) is 41.1 Å². The van der Waals surface area contributed by atoms with Gasteiger partial charge in [0.1, 0.15) is 12.1 Å². The van der Waals surface area contributed by atoms with Gasteiger partial charge in [-0.3, -0.25) is 9.69 Å². The molecule has 2 aromatic rings. The van der Waals surface area contributed by atoms with Gasteiger partial charge in [-0.15, -0.1) is 0 Å². The number of oxazole rings is 1. The molecular formula is C21H28FN3O3. The molecule has 1 amide bonds. The Labute approximate surface area is 165 Å². The highest BCUT2D eigenvalue weighted by atomic mass is 19.1. The number of amides is 1. The normalized spacial score (nSPS) is 17.8. The second-order valence-corrected chi connectivity index (χ2v) is 7.26. The smallest absolute Gasteiger partial charge is 0.273 e. The van der Waals surface area contributed by atoms with E-state index >= 15 is 0 Å². The van der Waals surface area contributed by atoms with E-state index in [-0.39, 0.29) is 29.6 Å². The third-order valence-corrected chi connectivity index (χ3v) is 5.15. The van der Waals surface area contributed by atoms with Crippen molar-refractivity contribution in [3.63, 3.8) is 0 Å². The molecule has 3 rings (SSSR count). The average molecular weight is 389 g/mol. The maximum absolute atomic E-state index is 13.2. The summed E-state index contributed by atoms with van der Waals surface area (Å²) in [5, 5.41) is 2.85. The zero-order valence-corrected chi connectivity index (χ0v) is 16.5. The fourth-order valence-corrected chi connectivity index (χ4v) is 3.21. The minimum Gasteiger partial charge on any atom is -0.447 e. The lowest BCUT2D eigenvalue weighted by molar-refractivity contribution is 0.0853. The number of halogens is 1. The summed E-state index contributed by atoms with van der Waals surface area (Å²) in [7, 11) is 0. The summed E-state index contributed by atoms with van der Waals surface area (Å²) in [6.45, 7) is 6.62. The third kappa shape index (κ3) is 5.62. The molecule has 1 N–H and O–H groups in total. The van der Waals surface area contributed by atoms with Crippen LogP contribution >= 0.6 is 0 Å². The largest absolute Gasteiger partial charge is 0.447 e. The van der Waals surface area contributed by atoms with Crippen LogP contribution in [0.4, 0.5) is 4.39 Å². The summed E-state index contributed by atoms with van der Waals surface area (Å²) >= 11 is 0.